The second-order valence-corrected chi connectivity index (χ2v) is 7.40. The molecule has 0 radical (unpaired) electrons. The highest BCUT2D eigenvalue weighted by molar-refractivity contribution is 5.97. The summed E-state index contributed by atoms with van der Waals surface area (Å²) in [6.07, 6.45) is 0.709. The number of fused-ring (bicyclic) bond motifs is 1. The maximum absolute atomic E-state index is 12.7. The fraction of sp³-hybridized carbons (Fsp3) is 0.579. The Kier molecular flexibility index (Phi) is 4.90. The van der Waals surface area contributed by atoms with E-state index in [1.165, 1.54) is 11.1 Å². The number of hydrogen-bond acceptors (Lipinski definition) is 3. The van der Waals surface area contributed by atoms with E-state index < -0.39 is 0 Å². The smallest absolute Gasteiger partial charge is 0.245 e. The van der Waals surface area contributed by atoms with Gasteiger partial charge in [0.05, 0.1) is 0 Å². The molecule has 24 heavy (non-hydrogen) atoms. The molecular weight excluding hydrogens is 302 g/mol. The number of rotatable bonds is 4. The molecule has 5 nitrogen and oxygen atoms in total. The number of carbonyl (C=O) groups is 2. The summed E-state index contributed by atoms with van der Waals surface area (Å²) in [4.78, 5) is 29.2. The van der Waals surface area contributed by atoms with Gasteiger partial charge in [-0.2, -0.15) is 0 Å². The van der Waals surface area contributed by atoms with Crippen LogP contribution in [0.25, 0.3) is 0 Å². The summed E-state index contributed by atoms with van der Waals surface area (Å²) in [6.45, 7) is 9.15. The van der Waals surface area contributed by atoms with Crippen LogP contribution in [0.3, 0.4) is 0 Å². The Hall–Kier alpha value is -1.88. The quantitative estimate of drug-likeness (QED) is 0.912. The number of piperazine rings is 2. The highest BCUT2D eigenvalue weighted by Crippen LogP contribution is 2.21. The van der Waals surface area contributed by atoms with Crippen LogP contribution in [0, 0.1) is 12.8 Å². The molecule has 0 spiro atoms. The summed E-state index contributed by atoms with van der Waals surface area (Å²) >= 11 is 0. The van der Waals surface area contributed by atoms with Gasteiger partial charge >= 0.3 is 0 Å². The van der Waals surface area contributed by atoms with Crippen LogP contribution in [0.2, 0.25) is 0 Å². The molecule has 3 rings (SSSR count). The molecule has 2 fully saturated rings. The SMILES string of the molecule is Cc1ccccc1CN1CCN2C(=O)[C@H](CC(C)C)NC(=O)[C@H]2C1. The maximum atomic E-state index is 12.7. The van der Waals surface area contributed by atoms with Crippen LogP contribution in [-0.2, 0) is 16.1 Å². The second-order valence-electron chi connectivity index (χ2n) is 7.40. The largest absolute Gasteiger partial charge is 0.342 e. The Morgan fingerprint density at radius 3 is 2.67 bits per heavy atom. The van der Waals surface area contributed by atoms with E-state index in [4.69, 9.17) is 0 Å². The molecule has 2 atom stereocenters. The minimum Gasteiger partial charge on any atom is -0.342 e. The Balaban J connectivity index is 1.67. The average Bonchev–Trinajstić information content (AvgIpc) is 2.54. The first-order valence-corrected chi connectivity index (χ1v) is 8.83. The van der Waals surface area contributed by atoms with Crippen LogP contribution in [0.5, 0.6) is 0 Å². The van der Waals surface area contributed by atoms with Gasteiger partial charge in [0.25, 0.3) is 0 Å². The number of carbonyl (C=O) groups excluding carboxylic acids is 2. The van der Waals surface area contributed by atoms with Crippen LogP contribution in [-0.4, -0.2) is 53.3 Å². The lowest BCUT2D eigenvalue weighted by atomic mass is 9.97. The van der Waals surface area contributed by atoms with E-state index in [1.807, 2.05) is 12.1 Å². The molecule has 2 aliphatic heterocycles. The first kappa shape index (κ1) is 17.0. The van der Waals surface area contributed by atoms with Crippen LogP contribution < -0.4 is 5.32 Å². The normalized spacial score (nSPS) is 24.9. The molecule has 1 aromatic rings. The van der Waals surface area contributed by atoms with Gasteiger partial charge in [-0.25, -0.2) is 0 Å². The van der Waals surface area contributed by atoms with Crippen molar-refractivity contribution >= 4 is 11.8 Å². The number of nitrogens with zero attached hydrogens (tertiary/aromatic N) is 2. The van der Waals surface area contributed by atoms with Crippen molar-refractivity contribution in [1.82, 2.24) is 15.1 Å². The van der Waals surface area contributed by atoms with Crippen molar-refractivity contribution in [3.05, 3.63) is 35.4 Å². The van der Waals surface area contributed by atoms with E-state index in [0.29, 0.717) is 25.4 Å². The van der Waals surface area contributed by atoms with E-state index >= 15 is 0 Å². The van der Waals surface area contributed by atoms with Gasteiger partial charge in [-0.15, -0.1) is 0 Å². The topological polar surface area (TPSA) is 52.6 Å². The Labute approximate surface area is 144 Å². The van der Waals surface area contributed by atoms with Crippen molar-refractivity contribution in [3.8, 4) is 0 Å². The first-order valence-electron chi connectivity index (χ1n) is 8.83. The van der Waals surface area contributed by atoms with Gasteiger partial charge in [0, 0.05) is 26.2 Å². The van der Waals surface area contributed by atoms with E-state index in [-0.39, 0.29) is 23.9 Å². The molecule has 2 saturated heterocycles. The van der Waals surface area contributed by atoms with Gasteiger partial charge in [0.1, 0.15) is 12.1 Å². The molecule has 1 N–H and O–H groups in total. The van der Waals surface area contributed by atoms with Crippen molar-refractivity contribution < 1.29 is 9.59 Å². The third kappa shape index (κ3) is 3.46. The molecular formula is C19H27N3O2. The Bertz CT molecular complexity index is 629. The monoisotopic (exact) mass is 329 g/mol. The van der Waals surface area contributed by atoms with Crippen molar-refractivity contribution in [3.63, 3.8) is 0 Å². The van der Waals surface area contributed by atoms with Gasteiger partial charge in [0.15, 0.2) is 0 Å². The average molecular weight is 329 g/mol. The number of amides is 2. The van der Waals surface area contributed by atoms with Crippen molar-refractivity contribution in [1.29, 1.82) is 0 Å². The highest BCUT2D eigenvalue weighted by atomic mass is 16.2. The standard InChI is InChI=1S/C19H27N3O2/c1-13(2)10-16-19(24)22-9-8-21(12-17(22)18(23)20-16)11-15-7-5-4-6-14(15)3/h4-7,13,16-17H,8-12H2,1-3H3,(H,20,23)/t16-,17+/m0/s1. The fourth-order valence-corrected chi connectivity index (χ4v) is 3.66. The van der Waals surface area contributed by atoms with Gasteiger partial charge in [0.2, 0.25) is 11.8 Å². The number of nitrogens with one attached hydrogen (secondary N) is 1. The number of benzene rings is 1. The molecule has 0 aliphatic carbocycles. The molecule has 0 unspecified atom stereocenters. The van der Waals surface area contributed by atoms with Crippen LogP contribution in [0.15, 0.2) is 24.3 Å². The summed E-state index contributed by atoms with van der Waals surface area (Å²) in [5.74, 6) is 0.469. The zero-order valence-corrected chi connectivity index (χ0v) is 14.8. The molecule has 2 amide bonds. The minimum absolute atomic E-state index is 0.00488. The molecule has 130 valence electrons. The summed E-state index contributed by atoms with van der Waals surface area (Å²) < 4.78 is 0. The third-order valence-electron chi connectivity index (χ3n) is 5.03. The highest BCUT2D eigenvalue weighted by Gasteiger charge is 2.43. The maximum Gasteiger partial charge on any atom is 0.245 e. The molecule has 0 bridgehead atoms. The molecule has 0 saturated carbocycles. The van der Waals surface area contributed by atoms with E-state index in [2.05, 4.69) is 43.1 Å². The first-order chi connectivity index (χ1) is 11.5. The van der Waals surface area contributed by atoms with Crippen molar-refractivity contribution in [2.45, 2.75) is 45.8 Å². The zero-order chi connectivity index (χ0) is 17.3. The van der Waals surface area contributed by atoms with Gasteiger partial charge in [-0.3, -0.25) is 14.5 Å². The molecule has 5 heteroatoms. The van der Waals surface area contributed by atoms with Crippen LogP contribution in [0.1, 0.15) is 31.4 Å². The van der Waals surface area contributed by atoms with Gasteiger partial charge < -0.3 is 10.2 Å². The fourth-order valence-electron chi connectivity index (χ4n) is 3.66. The van der Waals surface area contributed by atoms with Crippen molar-refractivity contribution in [2.75, 3.05) is 19.6 Å². The van der Waals surface area contributed by atoms with Gasteiger partial charge in [-0.05, 0) is 30.4 Å². The summed E-state index contributed by atoms with van der Waals surface area (Å²) in [5.41, 5.74) is 2.55. The number of aryl methyl sites for hydroxylation is 1. The van der Waals surface area contributed by atoms with E-state index in [0.717, 1.165) is 13.1 Å². The predicted molar refractivity (Wildman–Crippen MR) is 93.3 cm³/mol. The lowest BCUT2D eigenvalue weighted by molar-refractivity contribution is -0.153. The number of hydrogen-bond donors (Lipinski definition) is 1. The minimum atomic E-state index is -0.350. The predicted octanol–water partition coefficient (Wildman–Crippen LogP) is 1.55. The van der Waals surface area contributed by atoms with E-state index in [1.54, 1.807) is 4.90 Å². The van der Waals surface area contributed by atoms with E-state index in [9.17, 15) is 9.59 Å². The summed E-state index contributed by atoms with van der Waals surface area (Å²) in [6, 6.07) is 7.63. The molecule has 1 aromatic carbocycles. The molecule has 2 aliphatic rings. The second kappa shape index (κ2) is 6.93. The zero-order valence-electron chi connectivity index (χ0n) is 14.8. The van der Waals surface area contributed by atoms with Crippen molar-refractivity contribution in [2.24, 2.45) is 5.92 Å². The Morgan fingerprint density at radius 1 is 1.21 bits per heavy atom. The van der Waals surface area contributed by atoms with Crippen LogP contribution >= 0.6 is 0 Å². The van der Waals surface area contributed by atoms with Gasteiger partial charge in [-0.1, -0.05) is 38.1 Å². The molecule has 2 heterocycles. The summed E-state index contributed by atoms with van der Waals surface area (Å²) in [7, 11) is 0. The van der Waals surface area contributed by atoms with Crippen LogP contribution in [0.4, 0.5) is 0 Å². The third-order valence-corrected chi connectivity index (χ3v) is 5.03. The summed E-state index contributed by atoms with van der Waals surface area (Å²) in [5, 5.41) is 2.94. The molecule has 0 aromatic heterocycles. The Morgan fingerprint density at radius 2 is 1.96 bits per heavy atom. The lowest BCUT2D eigenvalue weighted by Crippen LogP contribution is -2.69. The lowest BCUT2D eigenvalue weighted by Gasteiger charge is -2.45.